The van der Waals surface area contributed by atoms with E-state index >= 15 is 0 Å². The smallest absolute Gasteiger partial charge is 0.237 e. The van der Waals surface area contributed by atoms with Crippen molar-refractivity contribution in [3.8, 4) is 0 Å². The van der Waals surface area contributed by atoms with Gasteiger partial charge in [-0.05, 0) is 18.2 Å². The zero-order chi connectivity index (χ0) is 13.5. The number of anilines is 1. The molecule has 1 fully saturated rings. The molecule has 0 radical (unpaired) electrons. The Morgan fingerprint density at radius 3 is 2.61 bits per heavy atom. The third kappa shape index (κ3) is 2.67. The largest absolute Gasteiger partial charge is 0.308 e. The van der Waals surface area contributed by atoms with Crippen molar-refractivity contribution in [1.82, 2.24) is 0 Å². The van der Waals surface area contributed by atoms with Crippen LogP contribution in [-0.4, -0.2) is 26.1 Å². The van der Waals surface area contributed by atoms with Crippen molar-refractivity contribution >= 4 is 47.3 Å². The van der Waals surface area contributed by atoms with Crippen LogP contribution >= 0.6 is 26.6 Å². The Bertz CT molecular complexity index is 607. The summed E-state index contributed by atoms with van der Waals surface area (Å²) >= 11 is 3.10. The lowest BCUT2D eigenvalue weighted by Crippen LogP contribution is -2.27. The predicted octanol–water partition coefficient (Wildman–Crippen LogP) is 2.26. The third-order valence-electron chi connectivity index (χ3n) is 2.69. The molecule has 1 amide bonds. The first-order chi connectivity index (χ1) is 8.29. The lowest BCUT2D eigenvalue weighted by Gasteiger charge is -2.17. The normalized spacial score (nSPS) is 20.5. The zero-order valence-corrected chi connectivity index (χ0v) is 12.1. The molecule has 0 N–H and O–H groups in total. The zero-order valence-electron chi connectivity index (χ0n) is 8.94. The fourth-order valence-corrected chi connectivity index (χ4v) is 3.16. The van der Waals surface area contributed by atoms with Gasteiger partial charge in [0.1, 0.15) is 11.1 Å². The van der Waals surface area contributed by atoms with Crippen LogP contribution in [0, 0.1) is 5.82 Å². The molecule has 0 aliphatic carbocycles. The summed E-state index contributed by atoms with van der Waals surface area (Å²) in [5.74, 6) is -1.05. The van der Waals surface area contributed by atoms with Crippen LogP contribution in [-0.2, 0) is 13.8 Å². The molecule has 1 aliphatic heterocycles. The van der Waals surface area contributed by atoms with Crippen LogP contribution in [0.15, 0.2) is 22.7 Å². The van der Waals surface area contributed by atoms with Crippen molar-refractivity contribution in [3.05, 3.63) is 28.5 Å². The summed E-state index contributed by atoms with van der Waals surface area (Å²) in [6.07, 6.45) is -0.221. The highest BCUT2D eigenvalue weighted by Gasteiger charge is 2.38. The molecule has 1 atom stereocenters. The Balaban J connectivity index is 2.33. The van der Waals surface area contributed by atoms with Crippen molar-refractivity contribution in [2.24, 2.45) is 0 Å². The molecule has 0 aromatic heterocycles. The van der Waals surface area contributed by atoms with Crippen LogP contribution in [0.3, 0.4) is 0 Å². The van der Waals surface area contributed by atoms with Gasteiger partial charge in [-0.3, -0.25) is 4.79 Å². The molecule has 1 heterocycles. The van der Waals surface area contributed by atoms with Crippen LogP contribution in [0.2, 0.25) is 0 Å². The van der Waals surface area contributed by atoms with Crippen molar-refractivity contribution in [2.45, 2.75) is 11.7 Å². The monoisotopic (exact) mass is 355 g/mol. The molecular formula is C10H8BrClFNO3S. The summed E-state index contributed by atoms with van der Waals surface area (Å²) in [5.41, 5.74) is 0.0611. The Kier molecular flexibility index (Phi) is 3.66. The molecule has 2 rings (SSSR count). The van der Waals surface area contributed by atoms with Gasteiger partial charge in [-0.2, -0.15) is 0 Å². The average Bonchev–Trinajstić information content (AvgIpc) is 2.60. The second-order valence-corrected chi connectivity index (χ2v) is 7.73. The Hall–Kier alpha value is -0.660. The van der Waals surface area contributed by atoms with Crippen LogP contribution in [0.1, 0.15) is 6.42 Å². The lowest BCUT2D eigenvalue weighted by molar-refractivity contribution is -0.117. The van der Waals surface area contributed by atoms with Crippen LogP contribution < -0.4 is 4.90 Å². The van der Waals surface area contributed by atoms with E-state index in [4.69, 9.17) is 10.7 Å². The van der Waals surface area contributed by atoms with Crippen molar-refractivity contribution in [3.63, 3.8) is 0 Å². The summed E-state index contributed by atoms with van der Waals surface area (Å²) in [6.45, 7) is -0.122. The average molecular weight is 357 g/mol. The van der Waals surface area contributed by atoms with E-state index < -0.39 is 26.0 Å². The van der Waals surface area contributed by atoms with Gasteiger partial charge in [0.2, 0.25) is 15.0 Å². The van der Waals surface area contributed by atoms with Crippen molar-refractivity contribution < 1.29 is 17.6 Å². The SMILES string of the molecule is O=C1CC(S(=O)(=O)Cl)CN1c1ccc(Br)cc1F. The molecular weight excluding hydrogens is 349 g/mol. The highest BCUT2D eigenvalue weighted by atomic mass is 79.9. The molecule has 18 heavy (non-hydrogen) atoms. The minimum atomic E-state index is -3.82. The number of rotatable bonds is 2. The second-order valence-electron chi connectivity index (χ2n) is 3.90. The van der Waals surface area contributed by atoms with Gasteiger partial charge in [-0.1, -0.05) is 15.9 Å². The molecule has 1 unspecified atom stereocenters. The first kappa shape index (κ1) is 13.8. The number of nitrogens with zero attached hydrogens (tertiary/aromatic N) is 1. The number of halogens is 3. The second kappa shape index (κ2) is 4.79. The minimum absolute atomic E-state index is 0.0611. The van der Waals surface area contributed by atoms with Crippen molar-refractivity contribution in [1.29, 1.82) is 0 Å². The van der Waals surface area contributed by atoms with Gasteiger partial charge in [-0.15, -0.1) is 0 Å². The van der Waals surface area contributed by atoms with Gasteiger partial charge in [0.25, 0.3) is 0 Å². The summed E-state index contributed by atoms with van der Waals surface area (Å²) in [7, 11) is 1.40. The van der Waals surface area contributed by atoms with Crippen LogP contribution in [0.5, 0.6) is 0 Å². The molecule has 0 saturated carbocycles. The summed E-state index contributed by atoms with van der Waals surface area (Å²) < 4.78 is 36.6. The Labute approximate surface area is 116 Å². The van der Waals surface area contributed by atoms with Gasteiger partial charge in [0.05, 0.1) is 5.69 Å². The maximum atomic E-state index is 13.7. The first-order valence-electron chi connectivity index (χ1n) is 4.98. The molecule has 8 heteroatoms. The molecule has 1 saturated heterocycles. The number of benzene rings is 1. The van der Waals surface area contributed by atoms with Gasteiger partial charge in [0.15, 0.2) is 0 Å². The van der Waals surface area contributed by atoms with E-state index in [1.807, 2.05) is 0 Å². The number of amides is 1. The molecule has 0 spiro atoms. The number of hydrogen-bond acceptors (Lipinski definition) is 3. The predicted molar refractivity (Wildman–Crippen MR) is 69.6 cm³/mol. The van der Waals surface area contributed by atoms with E-state index in [1.165, 1.54) is 12.1 Å². The Morgan fingerprint density at radius 2 is 2.11 bits per heavy atom. The third-order valence-corrected chi connectivity index (χ3v) is 5.05. The van der Waals surface area contributed by atoms with Gasteiger partial charge in [-0.25, -0.2) is 12.8 Å². The van der Waals surface area contributed by atoms with Crippen molar-refractivity contribution in [2.75, 3.05) is 11.4 Å². The van der Waals surface area contributed by atoms with E-state index in [0.717, 1.165) is 4.90 Å². The highest BCUT2D eigenvalue weighted by Crippen LogP contribution is 2.29. The molecule has 1 aliphatic rings. The van der Waals surface area contributed by atoms with Gasteiger partial charge >= 0.3 is 0 Å². The molecule has 1 aromatic carbocycles. The van der Waals surface area contributed by atoms with Gasteiger partial charge in [0, 0.05) is 28.1 Å². The van der Waals surface area contributed by atoms with Gasteiger partial charge < -0.3 is 4.90 Å². The van der Waals surface area contributed by atoms with E-state index in [2.05, 4.69) is 15.9 Å². The molecule has 1 aromatic rings. The van der Waals surface area contributed by atoms with E-state index in [0.29, 0.717) is 4.47 Å². The summed E-state index contributed by atoms with van der Waals surface area (Å²) in [5, 5.41) is -0.991. The Morgan fingerprint density at radius 1 is 1.44 bits per heavy atom. The molecule has 98 valence electrons. The minimum Gasteiger partial charge on any atom is -0.308 e. The summed E-state index contributed by atoms with van der Waals surface area (Å²) in [6, 6.07) is 4.21. The first-order valence-corrected chi connectivity index (χ1v) is 8.14. The fraction of sp³-hybridized carbons (Fsp3) is 0.300. The standard InChI is InChI=1S/C10H8BrClFNO3S/c11-6-1-2-9(8(13)3-6)14-5-7(4-10(14)15)18(12,16)17/h1-3,7H,4-5H2. The fourth-order valence-electron chi connectivity index (χ4n) is 1.80. The maximum absolute atomic E-state index is 13.7. The van der Waals surface area contributed by atoms with E-state index in [9.17, 15) is 17.6 Å². The molecule has 0 bridgehead atoms. The quantitative estimate of drug-likeness (QED) is 0.764. The topological polar surface area (TPSA) is 54.5 Å². The number of carbonyl (C=O) groups excluding carboxylic acids is 1. The number of carbonyl (C=O) groups is 1. The van der Waals surface area contributed by atoms with E-state index in [1.54, 1.807) is 6.07 Å². The van der Waals surface area contributed by atoms with Crippen LogP contribution in [0.25, 0.3) is 0 Å². The maximum Gasteiger partial charge on any atom is 0.237 e. The highest BCUT2D eigenvalue weighted by molar-refractivity contribution is 9.10. The van der Waals surface area contributed by atoms with Crippen LogP contribution in [0.4, 0.5) is 10.1 Å². The number of hydrogen-bond donors (Lipinski definition) is 0. The van der Waals surface area contributed by atoms with E-state index in [-0.39, 0.29) is 18.7 Å². The summed E-state index contributed by atoms with van der Waals surface area (Å²) in [4.78, 5) is 12.8. The molecule has 4 nitrogen and oxygen atoms in total. The lowest BCUT2D eigenvalue weighted by atomic mass is 10.3.